The third-order valence-corrected chi connectivity index (χ3v) is 3.47. The summed E-state index contributed by atoms with van der Waals surface area (Å²) < 4.78 is 18.5. The molecule has 0 saturated heterocycles. The first kappa shape index (κ1) is 12.4. The van der Waals surface area contributed by atoms with Gasteiger partial charge < -0.3 is 10.1 Å². The van der Waals surface area contributed by atoms with Gasteiger partial charge in [-0.1, -0.05) is 12.8 Å². The molecule has 3 heteroatoms. The molecule has 0 amide bonds. The predicted octanol–water partition coefficient (Wildman–Crippen LogP) is 3.43. The number of rotatable bonds is 4. The average molecular weight is 237 g/mol. The number of ether oxygens (including phenoxy) is 1. The molecule has 0 aromatic heterocycles. The summed E-state index contributed by atoms with van der Waals surface area (Å²) in [5.74, 6) is 0.347. The van der Waals surface area contributed by atoms with Gasteiger partial charge in [0.25, 0.3) is 0 Å². The van der Waals surface area contributed by atoms with Gasteiger partial charge >= 0.3 is 0 Å². The molecule has 2 nitrogen and oxygen atoms in total. The fourth-order valence-corrected chi connectivity index (χ4v) is 2.49. The molecule has 1 aliphatic carbocycles. The van der Waals surface area contributed by atoms with Gasteiger partial charge in [0.1, 0.15) is 11.6 Å². The van der Waals surface area contributed by atoms with Gasteiger partial charge in [-0.25, -0.2) is 4.39 Å². The molecule has 0 bridgehead atoms. The van der Waals surface area contributed by atoms with Gasteiger partial charge in [-0.2, -0.15) is 0 Å². The van der Waals surface area contributed by atoms with E-state index in [1.807, 2.05) is 6.07 Å². The highest BCUT2D eigenvalue weighted by atomic mass is 19.1. The number of hydrogen-bond acceptors (Lipinski definition) is 2. The topological polar surface area (TPSA) is 21.3 Å². The Bertz CT molecular complexity index is 374. The lowest BCUT2D eigenvalue weighted by Gasteiger charge is -2.20. The summed E-state index contributed by atoms with van der Waals surface area (Å²) in [5.41, 5.74) is 0.953. The van der Waals surface area contributed by atoms with Gasteiger partial charge in [-0.15, -0.1) is 0 Å². The SMILES string of the molecule is COc1cc(F)cc(C(C)NC2CCCC2)c1. The summed E-state index contributed by atoms with van der Waals surface area (Å²) in [6, 6.07) is 5.64. The molecule has 94 valence electrons. The van der Waals surface area contributed by atoms with Gasteiger partial charge in [0.15, 0.2) is 0 Å². The van der Waals surface area contributed by atoms with E-state index >= 15 is 0 Å². The van der Waals surface area contributed by atoms with Crippen molar-refractivity contribution in [2.45, 2.75) is 44.7 Å². The van der Waals surface area contributed by atoms with E-state index in [0.29, 0.717) is 11.8 Å². The average Bonchev–Trinajstić information content (AvgIpc) is 2.81. The van der Waals surface area contributed by atoms with Gasteiger partial charge in [-0.05, 0) is 37.5 Å². The van der Waals surface area contributed by atoms with Gasteiger partial charge in [0, 0.05) is 18.2 Å². The first-order valence-electron chi connectivity index (χ1n) is 6.29. The molecule has 1 saturated carbocycles. The van der Waals surface area contributed by atoms with Crippen molar-refractivity contribution in [2.24, 2.45) is 0 Å². The molecule has 1 N–H and O–H groups in total. The third kappa shape index (κ3) is 3.19. The normalized spacial score (nSPS) is 18.3. The predicted molar refractivity (Wildman–Crippen MR) is 66.8 cm³/mol. The smallest absolute Gasteiger partial charge is 0.127 e. The van der Waals surface area contributed by atoms with Crippen LogP contribution in [0.1, 0.15) is 44.2 Å². The summed E-state index contributed by atoms with van der Waals surface area (Å²) in [5, 5.41) is 3.55. The second-order valence-corrected chi connectivity index (χ2v) is 4.79. The lowest BCUT2D eigenvalue weighted by Crippen LogP contribution is -2.28. The van der Waals surface area contributed by atoms with E-state index in [-0.39, 0.29) is 11.9 Å². The second-order valence-electron chi connectivity index (χ2n) is 4.79. The summed E-state index contributed by atoms with van der Waals surface area (Å²) in [4.78, 5) is 0. The lowest BCUT2D eigenvalue weighted by molar-refractivity contribution is 0.407. The summed E-state index contributed by atoms with van der Waals surface area (Å²) >= 11 is 0. The van der Waals surface area contributed by atoms with Crippen LogP contribution in [0.15, 0.2) is 18.2 Å². The largest absolute Gasteiger partial charge is 0.497 e. The molecule has 2 rings (SSSR count). The maximum atomic E-state index is 13.4. The second kappa shape index (κ2) is 5.50. The quantitative estimate of drug-likeness (QED) is 0.866. The van der Waals surface area contributed by atoms with Crippen molar-refractivity contribution in [1.29, 1.82) is 0 Å². The Kier molecular flexibility index (Phi) is 4.00. The molecule has 0 aliphatic heterocycles. The van der Waals surface area contributed by atoms with Gasteiger partial charge in [0.2, 0.25) is 0 Å². The molecule has 0 radical (unpaired) electrons. The molecule has 1 atom stereocenters. The van der Waals surface area contributed by atoms with E-state index in [2.05, 4.69) is 12.2 Å². The molecular formula is C14H20FNO. The van der Waals surface area contributed by atoms with Crippen molar-refractivity contribution in [3.8, 4) is 5.75 Å². The first-order valence-corrected chi connectivity index (χ1v) is 6.29. The fourth-order valence-electron chi connectivity index (χ4n) is 2.49. The Morgan fingerprint density at radius 2 is 2.00 bits per heavy atom. The fraction of sp³-hybridized carbons (Fsp3) is 0.571. The van der Waals surface area contributed by atoms with Crippen LogP contribution in [0.3, 0.4) is 0 Å². The number of nitrogens with one attached hydrogen (secondary N) is 1. The van der Waals surface area contributed by atoms with Crippen LogP contribution < -0.4 is 10.1 Å². The zero-order valence-electron chi connectivity index (χ0n) is 10.5. The highest BCUT2D eigenvalue weighted by Crippen LogP contribution is 2.24. The van der Waals surface area contributed by atoms with E-state index < -0.39 is 0 Å². The van der Waals surface area contributed by atoms with E-state index in [0.717, 1.165) is 5.56 Å². The minimum Gasteiger partial charge on any atom is -0.497 e. The third-order valence-electron chi connectivity index (χ3n) is 3.47. The minimum atomic E-state index is -0.237. The van der Waals surface area contributed by atoms with Crippen molar-refractivity contribution in [1.82, 2.24) is 5.32 Å². The molecule has 1 aliphatic rings. The van der Waals surface area contributed by atoms with Crippen molar-refractivity contribution >= 4 is 0 Å². The minimum absolute atomic E-state index is 0.169. The Balaban J connectivity index is 2.06. The van der Waals surface area contributed by atoms with Crippen molar-refractivity contribution in [3.05, 3.63) is 29.6 Å². The van der Waals surface area contributed by atoms with Crippen LogP contribution in [-0.4, -0.2) is 13.2 Å². The Morgan fingerprint density at radius 1 is 1.29 bits per heavy atom. The molecule has 0 heterocycles. The highest BCUT2D eigenvalue weighted by molar-refractivity contribution is 5.31. The van der Waals surface area contributed by atoms with Crippen LogP contribution in [0.5, 0.6) is 5.75 Å². The van der Waals surface area contributed by atoms with Crippen molar-refractivity contribution in [2.75, 3.05) is 7.11 Å². The lowest BCUT2D eigenvalue weighted by atomic mass is 10.1. The van der Waals surface area contributed by atoms with Crippen LogP contribution in [0.25, 0.3) is 0 Å². The number of hydrogen-bond donors (Lipinski definition) is 1. The summed E-state index contributed by atoms with van der Waals surface area (Å²) in [6.45, 7) is 2.08. The number of halogens is 1. The van der Waals surface area contributed by atoms with E-state index in [1.54, 1.807) is 13.2 Å². The molecule has 1 unspecified atom stereocenters. The molecule has 1 aromatic rings. The molecule has 17 heavy (non-hydrogen) atoms. The molecule has 0 spiro atoms. The molecule has 1 aromatic carbocycles. The maximum Gasteiger partial charge on any atom is 0.127 e. The molecular weight excluding hydrogens is 217 g/mol. The number of benzene rings is 1. The van der Waals surface area contributed by atoms with Crippen LogP contribution in [0, 0.1) is 5.82 Å². The Hall–Kier alpha value is -1.09. The van der Waals surface area contributed by atoms with Crippen LogP contribution >= 0.6 is 0 Å². The van der Waals surface area contributed by atoms with Crippen LogP contribution in [0.2, 0.25) is 0 Å². The zero-order chi connectivity index (χ0) is 12.3. The summed E-state index contributed by atoms with van der Waals surface area (Å²) in [6.07, 6.45) is 5.07. The van der Waals surface area contributed by atoms with Crippen LogP contribution in [0.4, 0.5) is 4.39 Å². The summed E-state index contributed by atoms with van der Waals surface area (Å²) in [7, 11) is 1.56. The zero-order valence-corrected chi connectivity index (χ0v) is 10.5. The highest BCUT2D eigenvalue weighted by Gasteiger charge is 2.18. The van der Waals surface area contributed by atoms with E-state index in [4.69, 9.17) is 4.74 Å². The standard InChI is InChI=1S/C14H20FNO/c1-10(16-13-5-3-4-6-13)11-7-12(15)9-14(8-11)17-2/h7-10,13,16H,3-6H2,1-2H3. The van der Waals surface area contributed by atoms with Gasteiger partial charge in [0.05, 0.1) is 7.11 Å². The Morgan fingerprint density at radius 3 is 2.65 bits per heavy atom. The Labute approximate surface area is 102 Å². The van der Waals surface area contributed by atoms with Crippen molar-refractivity contribution in [3.63, 3.8) is 0 Å². The molecule has 1 fully saturated rings. The number of methoxy groups -OCH3 is 1. The monoisotopic (exact) mass is 237 g/mol. The van der Waals surface area contributed by atoms with Crippen molar-refractivity contribution < 1.29 is 9.13 Å². The van der Waals surface area contributed by atoms with E-state index in [9.17, 15) is 4.39 Å². The van der Waals surface area contributed by atoms with Crippen LogP contribution in [-0.2, 0) is 0 Å². The van der Waals surface area contributed by atoms with Gasteiger partial charge in [-0.3, -0.25) is 0 Å². The maximum absolute atomic E-state index is 13.4. The van der Waals surface area contributed by atoms with E-state index in [1.165, 1.54) is 31.7 Å². The first-order chi connectivity index (χ1) is 8.19.